The van der Waals surface area contributed by atoms with Crippen molar-refractivity contribution in [2.45, 2.75) is 39.8 Å². The third-order valence-electron chi connectivity index (χ3n) is 3.68. The van der Waals surface area contributed by atoms with E-state index in [4.69, 9.17) is 4.52 Å². The molecule has 2 heterocycles. The maximum absolute atomic E-state index is 12.1. The summed E-state index contributed by atoms with van der Waals surface area (Å²) in [6, 6.07) is 2.23. The zero-order valence-corrected chi connectivity index (χ0v) is 12.4. The molecule has 1 fully saturated rings. The molecule has 1 amide bonds. The lowest BCUT2D eigenvalue weighted by atomic mass is 10.1. The summed E-state index contributed by atoms with van der Waals surface area (Å²) in [5, 5.41) is 6.79. The van der Waals surface area contributed by atoms with Crippen molar-refractivity contribution in [1.29, 1.82) is 0 Å². The monoisotopic (exact) mass is 275 g/mol. The zero-order valence-electron chi connectivity index (χ0n) is 12.4. The van der Waals surface area contributed by atoms with Gasteiger partial charge >= 0.3 is 0 Å². The van der Waals surface area contributed by atoms with Crippen LogP contribution in [0, 0.1) is 17.8 Å². The first-order chi connectivity index (χ1) is 9.51. The Labute approximate surface area is 119 Å². The molecule has 2 rings (SSSR count). The number of hydrogen-bond donors (Lipinski definition) is 1. The van der Waals surface area contributed by atoms with E-state index in [1.54, 1.807) is 13.0 Å². The van der Waals surface area contributed by atoms with Crippen molar-refractivity contribution in [1.82, 2.24) is 15.4 Å². The summed E-state index contributed by atoms with van der Waals surface area (Å²) in [5.74, 6) is 6.11. The number of amides is 1. The van der Waals surface area contributed by atoms with E-state index in [1.807, 2.05) is 0 Å². The molecule has 1 unspecified atom stereocenters. The smallest absolute Gasteiger partial charge is 0.273 e. The molecule has 1 aliphatic rings. The Bertz CT molecular complexity index is 539. The Hall–Kier alpha value is -1.80. The fourth-order valence-electron chi connectivity index (χ4n) is 2.42. The van der Waals surface area contributed by atoms with E-state index < -0.39 is 0 Å². The highest BCUT2D eigenvalue weighted by Crippen LogP contribution is 2.19. The topological polar surface area (TPSA) is 58.4 Å². The minimum atomic E-state index is -0.194. The zero-order chi connectivity index (χ0) is 14.7. The first-order valence-corrected chi connectivity index (χ1v) is 6.95. The van der Waals surface area contributed by atoms with Crippen LogP contribution in [0.3, 0.4) is 0 Å². The molecular formula is C15H21N3O2. The van der Waals surface area contributed by atoms with Gasteiger partial charge in [0.15, 0.2) is 5.69 Å². The summed E-state index contributed by atoms with van der Waals surface area (Å²) < 4.78 is 4.98. The molecule has 5 nitrogen and oxygen atoms in total. The van der Waals surface area contributed by atoms with Gasteiger partial charge in [-0.1, -0.05) is 18.0 Å². The lowest BCUT2D eigenvalue weighted by Gasteiger charge is -2.20. The van der Waals surface area contributed by atoms with Gasteiger partial charge < -0.3 is 9.84 Å². The molecule has 0 radical (unpaired) electrons. The third kappa shape index (κ3) is 3.20. The maximum Gasteiger partial charge on any atom is 0.273 e. The van der Waals surface area contributed by atoms with E-state index in [-0.39, 0.29) is 17.6 Å². The lowest BCUT2D eigenvalue weighted by Crippen LogP contribution is -2.40. The molecule has 1 aliphatic heterocycles. The van der Waals surface area contributed by atoms with Crippen molar-refractivity contribution in [2.24, 2.45) is 5.92 Å². The highest BCUT2D eigenvalue weighted by Gasteiger charge is 2.32. The van der Waals surface area contributed by atoms with E-state index in [9.17, 15) is 4.79 Å². The van der Waals surface area contributed by atoms with Crippen LogP contribution in [0.1, 0.15) is 43.9 Å². The largest absolute Gasteiger partial charge is 0.347 e. The van der Waals surface area contributed by atoms with Gasteiger partial charge in [0.1, 0.15) is 0 Å². The average molecular weight is 275 g/mol. The fourth-order valence-corrected chi connectivity index (χ4v) is 2.42. The number of aromatic nitrogens is 1. The number of nitrogens with zero attached hydrogens (tertiary/aromatic N) is 2. The molecule has 2 atom stereocenters. The van der Waals surface area contributed by atoms with Gasteiger partial charge in [-0.15, -0.1) is 0 Å². The summed E-state index contributed by atoms with van der Waals surface area (Å²) in [6.07, 6.45) is 0. The van der Waals surface area contributed by atoms with Crippen LogP contribution in [-0.2, 0) is 0 Å². The molecule has 5 heteroatoms. The van der Waals surface area contributed by atoms with Gasteiger partial charge in [0.25, 0.3) is 5.91 Å². The molecule has 1 N–H and O–H groups in total. The Morgan fingerprint density at radius 2 is 2.30 bits per heavy atom. The van der Waals surface area contributed by atoms with Crippen LogP contribution in [0.5, 0.6) is 0 Å². The SMILES string of the molecule is CC#Cc1cc(C(=O)N[C@@H]2CN(C(C)C)CC2C)no1. The molecule has 1 aromatic heterocycles. The van der Waals surface area contributed by atoms with Crippen LogP contribution < -0.4 is 5.32 Å². The van der Waals surface area contributed by atoms with Crippen LogP contribution >= 0.6 is 0 Å². The van der Waals surface area contributed by atoms with E-state index in [0.717, 1.165) is 13.1 Å². The second-order valence-electron chi connectivity index (χ2n) is 5.56. The van der Waals surface area contributed by atoms with E-state index in [0.29, 0.717) is 17.7 Å². The standard InChI is InChI=1S/C15H21N3O2/c1-5-6-12-7-13(17-20-12)15(19)16-14-9-18(10(2)3)8-11(14)4/h7,10-11,14H,8-9H2,1-4H3,(H,16,19)/t11?,14-/m1/s1. The number of nitrogens with one attached hydrogen (secondary N) is 1. The summed E-state index contributed by atoms with van der Waals surface area (Å²) in [5.41, 5.74) is 0.290. The predicted octanol–water partition coefficient (Wildman–Crippen LogP) is 1.50. The van der Waals surface area contributed by atoms with E-state index in [2.05, 4.69) is 48.0 Å². The molecule has 1 aromatic rings. The van der Waals surface area contributed by atoms with Crippen LogP contribution in [0.4, 0.5) is 0 Å². The second-order valence-corrected chi connectivity index (χ2v) is 5.56. The summed E-state index contributed by atoms with van der Waals surface area (Å²) in [4.78, 5) is 14.5. The van der Waals surface area contributed by atoms with Crippen molar-refractivity contribution in [3.8, 4) is 11.8 Å². The van der Waals surface area contributed by atoms with Gasteiger partial charge in [0, 0.05) is 31.2 Å². The normalized spacial score (nSPS) is 22.6. The average Bonchev–Trinajstić information content (AvgIpc) is 2.98. The third-order valence-corrected chi connectivity index (χ3v) is 3.68. The molecular weight excluding hydrogens is 254 g/mol. The minimum absolute atomic E-state index is 0.155. The molecule has 0 aromatic carbocycles. The van der Waals surface area contributed by atoms with Crippen molar-refractivity contribution < 1.29 is 9.32 Å². The van der Waals surface area contributed by atoms with Gasteiger partial charge in [-0.25, -0.2) is 0 Å². The molecule has 1 saturated heterocycles. The Kier molecular flexibility index (Phi) is 4.46. The van der Waals surface area contributed by atoms with Crippen LogP contribution in [-0.4, -0.2) is 41.1 Å². The van der Waals surface area contributed by atoms with Crippen LogP contribution in [0.15, 0.2) is 10.6 Å². The number of carbonyl (C=O) groups is 1. The van der Waals surface area contributed by atoms with E-state index in [1.165, 1.54) is 0 Å². The van der Waals surface area contributed by atoms with Crippen LogP contribution in [0.2, 0.25) is 0 Å². The van der Waals surface area contributed by atoms with Gasteiger partial charge in [0.05, 0.1) is 0 Å². The van der Waals surface area contributed by atoms with Crippen molar-refractivity contribution in [2.75, 3.05) is 13.1 Å². The number of hydrogen-bond acceptors (Lipinski definition) is 4. The molecule has 0 saturated carbocycles. The predicted molar refractivity (Wildman–Crippen MR) is 76.2 cm³/mol. The first kappa shape index (κ1) is 14.6. The Morgan fingerprint density at radius 3 is 2.90 bits per heavy atom. The Balaban J connectivity index is 1.98. The van der Waals surface area contributed by atoms with Gasteiger partial charge in [-0.05, 0) is 32.6 Å². The highest BCUT2D eigenvalue weighted by molar-refractivity contribution is 5.92. The number of rotatable bonds is 3. The quantitative estimate of drug-likeness (QED) is 0.849. The summed E-state index contributed by atoms with van der Waals surface area (Å²) in [6.45, 7) is 10.1. The maximum atomic E-state index is 12.1. The van der Waals surface area contributed by atoms with Gasteiger partial charge in [-0.2, -0.15) is 0 Å². The molecule has 0 spiro atoms. The Morgan fingerprint density at radius 1 is 1.55 bits per heavy atom. The molecule has 0 aliphatic carbocycles. The fraction of sp³-hybridized carbons (Fsp3) is 0.600. The second kappa shape index (κ2) is 6.10. The number of carbonyl (C=O) groups excluding carboxylic acids is 1. The molecule has 20 heavy (non-hydrogen) atoms. The van der Waals surface area contributed by atoms with Gasteiger partial charge in [-0.3, -0.25) is 9.69 Å². The van der Waals surface area contributed by atoms with Crippen molar-refractivity contribution in [3.63, 3.8) is 0 Å². The molecule has 108 valence electrons. The summed E-state index contributed by atoms with van der Waals surface area (Å²) in [7, 11) is 0. The van der Waals surface area contributed by atoms with Crippen molar-refractivity contribution >= 4 is 5.91 Å². The van der Waals surface area contributed by atoms with Crippen molar-refractivity contribution in [3.05, 3.63) is 17.5 Å². The number of likely N-dealkylation sites (tertiary alicyclic amines) is 1. The minimum Gasteiger partial charge on any atom is -0.347 e. The van der Waals surface area contributed by atoms with Crippen LogP contribution in [0.25, 0.3) is 0 Å². The molecule has 0 bridgehead atoms. The van der Waals surface area contributed by atoms with E-state index >= 15 is 0 Å². The summed E-state index contributed by atoms with van der Waals surface area (Å²) >= 11 is 0. The highest BCUT2D eigenvalue weighted by atomic mass is 16.5. The van der Waals surface area contributed by atoms with Gasteiger partial charge in [0.2, 0.25) is 5.76 Å². The first-order valence-electron chi connectivity index (χ1n) is 6.95. The lowest BCUT2D eigenvalue weighted by molar-refractivity contribution is 0.0921.